The Morgan fingerprint density at radius 2 is 1.93 bits per heavy atom. The van der Waals surface area contributed by atoms with Gasteiger partial charge >= 0.3 is 0 Å². The largest absolute Gasteiger partial charge is 0.370 e. The lowest BCUT2D eigenvalue weighted by Crippen LogP contribution is -2.32. The minimum Gasteiger partial charge on any atom is -0.370 e. The van der Waals surface area contributed by atoms with E-state index in [1.807, 2.05) is 11.8 Å². The van der Waals surface area contributed by atoms with Crippen molar-refractivity contribution in [3.05, 3.63) is 53.1 Å². The highest BCUT2D eigenvalue weighted by Crippen LogP contribution is 2.26. The number of imidazole rings is 1. The Balaban J connectivity index is 1.38. The summed E-state index contributed by atoms with van der Waals surface area (Å²) in [4.78, 5) is 14.7. The second-order valence-corrected chi connectivity index (χ2v) is 9.01. The van der Waals surface area contributed by atoms with Gasteiger partial charge in [0.25, 0.3) is 0 Å². The fourth-order valence-corrected chi connectivity index (χ4v) is 5.23. The predicted molar refractivity (Wildman–Crippen MR) is 129 cm³/mol. The lowest BCUT2D eigenvalue weighted by atomic mass is 10.1. The minimum absolute atomic E-state index is 0.715. The van der Waals surface area contributed by atoms with Gasteiger partial charge in [0.15, 0.2) is 4.77 Å². The van der Waals surface area contributed by atoms with Crippen LogP contribution >= 0.6 is 24.0 Å². The van der Waals surface area contributed by atoms with E-state index in [1.165, 1.54) is 22.8 Å². The van der Waals surface area contributed by atoms with Crippen LogP contribution in [0.3, 0.4) is 0 Å². The Morgan fingerprint density at radius 3 is 2.70 bits per heavy atom. The SMILES string of the molecule is CCn1c(=S)[nH]c2cc3c(NCc4ccc(N5CCSCC5)cc4)ncnc3cc21. The summed E-state index contributed by atoms with van der Waals surface area (Å²) in [5.74, 6) is 3.26. The molecule has 0 radical (unpaired) electrons. The minimum atomic E-state index is 0.715. The molecule has 4 aromatic rings. The van der Waals surface area contributed by atoms with E-state index < -0.39 is 0 Å². The summed E-state index contributed by atoms with van der Waals surface area (Å²) >= 11 is 7.48. The topological polar surface area (TPSA) is 61.8 Å². The van der Waals surface area contributed by atoms with Gasteiger partial charge in [-0.2, -0.15) is 11.8 Å². The maximum absolute atomic E-state index is 5.45. The van der Waals surface area contributed by atoms with Gasteiger partial charge in [-0.15, -0.1) is 0 Å². The Morgan fingerprint density at radius 1 is 1.13 bits per heavy atom. The zero-order valence-corrected chi connectivity index (χ0v) is 18.5. The highest BCUT2D eigenvalue weighted by Gasteiger charge is 2.12. The number of nitrogens with zero attached hydrogens (tertiary/aromatic N) is 4. The van der Waals surface area contributed by atoms with Crippen LogP contribution in [0.4, 0.5) is 11.5 Å². The summed E-state index contributed by atoms with van der Waals surface area (Å²) in [6.07, 6.45) is 1.62. The first-order valence-corrected chi connectivity index (χ1v) is 11.8. The van der Waals surface area contributed by atoms with Crippen LogP contribution in [-0.4, -0.2) is 44.1 Å². The summed E-state index contributed by atoms with van der Waals surface area (Å²) < 4.78 is 2.82. The molecule has 1 fully saturated rings. The van der Waals surface area contributed by atoms with E-state index >= 15 is 0 Å². The standard InChI is InChI=1S/C22H24N6S2/c1-2-28-20-12-18-17(11-19(20)26-22(28)29)21(25-14-24-18)23-13-15-3-5-16(6-4-15)27-7-9-30-10-8-27/h3-6,11-12,14H,2,7-10,13H2,1H3,(H,26,29)(H,23,24,25). The first kappa shape index (κ1) is 19.4. The van der Waals surface area contributed by atoms with Crippen LogP contribution in [0.25, 0.3) is 21.9 Å². The van der Waals surface area contributed by atoms with E-state index in [4.69, 9.17) is 12.2 Å². The molecule has 30 heavy (non-hydrogen) atoms. The molecule has 0 atom stereocenters. The first-order valence-electron chi connectivity index (χ1n) is 10.3. The number of aryl methyl sites for hydroxylation is 1. The third-order valence-electron chi connectivity index (χ3n) is 5.62. The Bertz CT molecular complexity index is 1240. The number of rotatable bonds is 5. The van der Waals surface area contributed by atoms with E-state index in [0.717, 1.165) is 52.2 Å². The van der Waals surface area contributed by atoms with Crippen LogP contribution in [-0.2, 0) is 13.1 Å². The van der Waals surface area contributed by atoms with E-state index in [1.54, 1.807) is 6.33 Å². The fraction of sp³-hybridized carbons (Fsp3) is 0.318. The van der Waals surface area contributed by atoms with Crippen LogP contribution < -0.4 is 10.2 Å². The van der Waals surface area contributed by atoms with Crippen LogP contribution in [0, 0.1) is 4.77 Å². The molecule has 1 saturated heterocycles. The molecule has 3 heterocycles. The number of aromatic amines is 1. The maximum atomic E-state index is 5.45. The molecule has 0 spiro atoms. The van der Waals surface area contributed by atoms with Crippen molar-refractivity contribution in [3.8, 4) is 0 Å². The molecule has 0 amide bonds. The van der Waals surface area contributed by atoms with Crippen molar-refractivity contribution < 1.29 is 0 Å². The Labute approximate surface area is 184 Å². The van der Waals surface area contributed by atoms with Gasteiger partial charge in [-0.3, -0.25) is 0 Å². The van der Waals surface area contributed by atoms with Gasteiger partial charge in [0, 0.05) is 48.8 Å². The molecule has 1 aliphatic heterocycles. The van der Waals surface area contributed by atoms with Gasteiger partial charge in [0.05, 0.1) is 16.6 Å². The normalized spacial score (nSPS) is 14.5. The van der Waals surface area contributed by atoms with Crippen molar-refractivity contribution in [1.29, 1.82) is 0 Å². The fourth-order valence-electron chi connectivity index (χ4n) is 3.99. The van der Waals surface area contributed by atoms with Crippen molar-refractivity contribution in [2.75, 3.05) is 34.8 Å². The quantitative estimate of drug-likeness (QED) is 0.437. The van der Waals surface area contributed by atoms with Crippen molar-refractivity contribution in [1.82, 2.24) is 19.5 Å². The molecular weight excluding hydrogens is 412 g/mol. The highest BCUT2D eigenvalue weighted by atomic mass is 32.2. The van der Waals surface area contributed by atoms with Crippen LogP contribution in [0.2, 0.25) is 0 Å². The molecule has 8 heteroatoms. The number of aromatic nitrogens is 4. The van der Waals surface area contributed by atoms with Crippen LogP contribution in [0.15, 0.2) is 42.7 Å². The highest BCUT2D eigenvalue weighted by molar-refractivity contribution is 7.99. The monoisotopic (exact) mass is 436 g/mol. The number of anilines is 2. The van der Waals surface area contributed by atoms with Gasteiger partial charge in [0.2, 0.25) is 0 Å². The molecule has 0 saturated carbocycles. The molecule has 0 bridgehead atoms. The number of thioether (sulfide) groups is 1. The smallest absolute Gasteiger partial charge is 0.178 e. The van der Waals surface area contributed by atoms with Gasteiger partial charge in [0.1, 0.15) is 12.1 Å². The van der Waals surface area contributed by atoms with Crippen molar-refractivity contribution in [2.24, 2.45) is 0 Å². The van der Waals surface area contributed by atoms with Crippen LogP contribution in [0.1, 0.15) is 12.5 Å². The lowest BCUT2D eigenvalue weighted by molar-refractivity contribution is 0.774. The number of H-pyrrole nitrogens is 1. The number of hydrogen-bond acceptors (Lipinski definition) is 6. The van der Waals surface area contributed by atoms with Crippen molar-refractivity contribution in [3.63, 3.8) is 0 Å². The molecule has 2 N–H and O–H groups in total. The first-order chi connectivity index (χ1) is 14.7. The van der Waals surface area contributed by atoms with Crippen LogP contribution in [0.5, 0.6) is 0 Å². The number of fused-ring (bicyclic) bond motifs is 2. The number of hydrogen-bond donors (Lipinski definition) is 2. The summed E-state index contributed by atoms with van der Waals surface area (Å²) in [5.41, 5.74) is 5.54. The summed E-state index contributed by atoms with van der Waals surface area (Å²) in [7, 11) is 0. The zero-order valence-electron chi connectivity index (χ0n) is 16.9. The average Bonchev–Trinajstić information content (AvgIpc) is 3.11. The predicted octanol–water partition coefficient (Wildman–Crippen LogP) is 4.83. The maximum Gasteiger partial charge on any atom is 0.178 e. The molecule has 5 rings (SSSR count). The van der Waals surface area contributed by atoms with Gasteiger partial charge < -0.3 is 19.8 Å². The van der Waals surface area contributed by atoms with Crippen molar-refractivity contribution >= 4 is 57.4 Å². The number of benzene rings is 2. The average molecular weight is 437 g/mol. The Kier molecular flexibility index (Phi) is 5.35. The summed E-state index contributed by atoms with van der Waals surface area (Å²) in [6.45, 7) is 5.90. The van der Waals surface area contributed by atoms with E-state index in [9.17, 15) is 0 Å². The zero-order chi connectivity index (χ0) is 20.5. The van der Waals surface area contributed by atoms with E-state index in [2.05, 4.69) is 73.1 Å². The molecule has 0 aliphatic carbocycles. The second kappa shape index (κ2) is 8.28. The second-order valence-electron chi connectivity index (χ2n) is 7.40. The summed E-state index contributed by atoms with van der Waals surface area (Å²) in [5, 5.41) is 4.48. The Hall–Kier alpha value is -2.58. The number of nitrogens with one attached hydrogen (secondary N) is 2. The van der Waals surface area contributed by atoms with Gasteiger partial charge in [-0.05, 0) is 49.0 Å². The molecule has 0 unspecified atom stereocenters. The molecule has 6 nitrogen and oxygen atoms in total. The molecular formula is C22H24N6S2. The lowest BCUT2D eigenvalue weighted by Gasteiger charge is -2.28. The summed E-state index contributed by atoms with van der Waals surface area (Å²) in [6, 6.07) is 13.0. The van der Waals surface area contributed by atoms with E-state index in [-0.39, 0.29) is 0 Å². The third-order valence-corrected chi connectivity index (χ3v) is 6.88. The van der Waals surface area contributed by atoms with Gasteiger partial charge in [-0.25, -0.2) is 9.97 Å². The molecule has 154 valence electrons. The molecule has 2 aromatic carbocycles. The van der Waals surface area contributed by atoms with Gasteiger partial charge in [-0.1, -0.05) is 12.1 Å². The van der Waals surface area contributed by atoms with Crippen molar-refractivity contribution in [2.45, 2.75) is 20.0 Å². The van der Waals surface area contributed by atoms with E-state index in [0.29, 0.717) is 6.54 Å². The molecule has 2 aromatic heterocycles. The molecule has 1 aliphatic rings. The third kappa shape index (κ3) is 3.65.